The van der Waals surface area contributed by atoms with Crippen molar-refractivity contribution in [3.8, 4) is 16.9 Å². The fourth-order valence-corrected chi connectivity index (χ4v) is 2.87. The van der Waals surface area contributed by atoms with Crippen molar-refractivity contribution in [3.63, 3.8) is 0 Å². The first-order chi connectivity index (χ1) is 11.4. The lowest BCUT2D eigenvalue weighted by Gasteiger charge is -2.09. The Morgan fingerprint density at radius 2 is 1.75 bits per heavy atom. The first-order valence-corrected chi connectivity index (χ1v) is 7.68. The zero-order valence-corrected chi connectivity index (χ0v) is 13.7. The van der Waals surface area contributed by atoms with Crippen molar-refractivity contribution in [2.75, 3.05) is 0 Å². The highest BCUT2D eigenvalue weighted by Gasteiger charge is 2.31. The van der Waals surface area contributed by atoms with Crippen molar-refractivity contribution < 1.29 is 18.0 Å². The molecule has 0 aliphatic rings. The van der Waals surface area contributed by atoms with Gasteiger partial charge in [0.25, 0.3) is 0 Å². The van der Waals surface area contributed by atoms with Crippen LogP contribution in [0.3, 0.4) is 0 Å². The minimum absolute atomic E-state index is 0.210. The van der Waals surface area contributed by atoms with E-state index >= 15 is 0 Å². The summed E-state index contributed by atoms with van der Waals surface area (Å²) in [5, 5.41) is 4.32. The van der Waals surface area contributed by atoms with Gasteiger partial charge in [-0.05, 0) is 34.1 Å². The van der Waals surface area contributed by atoms with Crippen molar-refractivity contribution in [3.05, 3.63) is 70.3 Å². The second-order valence-electron chi connectivity index (χ2n) is 5.00. The van der Waals surface area contributed by atoms with Gasteiger partial charge in [-0.2, -0.15) is 18.3 Å². The number of carbonyl (C=O) groups is 1. The molecule has 0 amide bonds. The molecule has 0 aliphatic carbocycles. The van der Waals surface area contributed by atoms with Crippen LogP contribution in [0.1, 0.15) is 15.9 Å². The molecule has 0 N–H and O–H groups in total. The molecule has 0 spiro atoms. The Bertz CT molecular complexity index is 889. The van der Waals surface area contributed by atoms with E-state index in [0.29, 0.717) is 22.1 Å². The number of alkyl halides is 3. The largest absolute Gasteiger partial charge is 0.416 e. The maximum Gasteiger partial charge on any atom is 0.416 e. The van der Waals surface area contributed by atoms with Gasteiger partial charge in [-0.1, -0.05) is 36.4 Å². The molecule has 0 bridgehead atoms. The number of rotatable bonds is 3. The second-order valence-corrected chi connectivity index (χ2v) is 5.75. The van der Waals surface area contributed by atoms with Gasteiger partial charge in [0.2, 0.25) is 0 Å². The van der Waals surface area contributed by atoms with Crippen molar-refractivity contribution in [2.24, 2.45) is 0 Å². The predicted octanol–water partition coefficient (Wildman–Crippen LogP) is 5.13. The van der Waals surface area contributed by atoms with E-state index in [1.807, 2.05) is 6.07 Å². The molecule has 3 nitrogen and oxygen atoms in total. The SMILES string of the molecule is O=Cc1c(-c2ccccc2)nn(-c2cccc(C(F)(F)F)c2)c1Br. The molecule has 1 aromatic heterocycles. The predicted molar refractivity (Wildman–Crippen MR) is 87.1 cm³/mol. The fraction of sp³-hybridized carbons (Fsp3) is 0.0588. The molecule has 0 saturated heterocycles. The summed E-state index contributed by atoms with van der Waals surface area (Å²) in [6.45, 7) is 0. The number of halogens is 4. The number of aldehydes is 1. The summed E-state index contributed by atoms with van der Waals surface area (Å²) in [7, 11) is 0. The van der Waals surface area contributed by atoms with E-state index in [2.05, 4.69) is 21.0 Å². The summed E-state index contributed by atoms with van der Waals surface area (Å²) in [5.41, 5.74) is 0.804. The Morgan fingerprint density at radius 1 is 1.04 bits per heavy atom. The Hall–Kier alpha value is -2.41. The average Bonchev–Trinajstić information content (AvgIpc) is 2.91. The summed E-state index contributed by atoms with van der Waals surface area (Å²) in [5.74, 6) is 0. The normalized spacial score (nSPS) is 11.5. The lowest BCUT2D eigenvalue weighted by Crippen LogP contribution is -2.06. The minimum atomic E-state index is -4.45. The third-order valence-corrected chi connectivity index (χ3v) is 4.21. The van der Waals surface area contributed by atoms with Crippen LogP contribution in [-0.2, 0) is 6.18 Å². The van der Waals surface area contributed by atoms with E-state index in [1.165, 1.54) is 16.8 Å². The van der Waals surface area contributed by atoms with Crippen molar-refractivity contribution >= 4 is 22.2 Å². The molecular weight excluding hydrogens is 385 g/mol. The van der Waals surface area contributed by atoms with Crippen molar-refractivity contribution in [1.29, 1.82) is 0 Å². The molecule has 122 valence electrons. The van der Waals surface area contributed by atoms with Gasteiger partial charge in [0.1, 0.15) is 10.3 Å². The summed E-state index contributed by atoms with van der Waals surface area (Å²) in [6.07, 6.45) is -3.82. The van der Waals surface area contributed by atoms with Crippen LogP contribution in [0.25, 0.3) is 16.9 Å². The minimum Gasteiger partial charge on any atom is -0.298 e. The number of benzene rings is 2. The number of hydrogen-bond acceptors (Lipinski definition) is 2. The van der Waals surface area contributed by atoms with E-state index < -0.39 is 11.7 Å². The lowest BCUT2D eigenvalue weighted by molar-refractivity contribution is -0.137. The highest BCUT2D eigenvalue weighted by molar-refractivity contribution is 9.10. The van der Waals surface area contributed by atoms with Gasteiger partial charge in [0.05, 0.1) is 16.8 Å². The highest BCUT2D eigenvalue weighted by Crippen LogP contribution is 2.33. The monoisotopic (exact) mass is 394 g/mol. The quantitative estimate of drug-likeness (QED) is 0.577. The summed E-state index contributed by atoms with van der Waals surface area (Å²) < 4.78 is 40.3. The molecule has 3 aromatic rings. The maximum absolute atomic E-state index is 12.9. The van der Waals surface area contributed by atoms with E-state index in [9.17, 15) is 18.0 Å². The molecule has 7 heteroatoms. The van der Waals surface area contributed by atoms with Crippen LogP contribution in [-0.4, -0.2) is 16.1 Å². The summed E-state index contributed by atoms with van der Waals surface area (Å²) >= 11 is 3.26. The highest BCUT2D eigenvalue weighted by atomic mass is 79.9. The van der Waals surface area contributed by atoms with Crippen LogP contribution in [0.15, 0.2) is 59.2 Å². The fourth-order valence-electron chi connectivity index (χ4n) is 2.31. The molecule has 0 unspecified atom stereocenters. The van der Waals surface area contributed by atoms with E-state index in [0.717, 1.165) is 12.1 Å². The Balaban J connectivity index is 2.17. The van der Waals surface area contributed by atoms with E-state index in [1.54, 1.807) is 24.3 Å². The van der Waals surface area contributed by atoms with Crippen LogP contribution < -0.4 is 0 Å². The summed E-state index contributed by atoms with van der Waals surface area (Å²) in [6, 6.07) is 13.7. The zero-order valence-electron chi connectivity index (χ0n) is 12.1. The molecular formula is C17H10BrF3N2O. The molecule has 3 rings (SSSR count). The molecule has 0 atom stereocenters. The summed E-state index contributed by atoms with van der Waals surface area (Å²) in [4.78, 5) is 11.4. The van der Waals surface area contributed by atoms with Gasteiger partial charge in [-0.15, -0.1) is 0 Å². The lowest BCUT2D eigenvalue weighted by atomic mass is 10.1. The molecule has 0 saturated carbocycles. The Labute approximate surface area is 143 Å². The standard InChI is InChI=1S/C17H10BrF3N2O/c18-16-14(10-24)15(11-5-2-1-3-6-11)22-23(16)13-8-4-7-12(9-13)17(19,20)21/h1-10H. The molecule has 0 radical (unpaired) electrons. The first-order valence-electron chi connectivity index (χ1n) is 6.88. The van der Waals surface area contributed by atoms with E-state index in [-0.39, 0.29) is 11.3 Å². The third kappa shape index (κ3) is 2.99. The van der Waals surface area contributed by atoms with Crippen LogP contribution >= 0.6 is 15.9 Å². The zero-order chi connectivity index (χ0) is 17.3. The van der Waals surface area contributed by atoms with Crippen LogP contribution in [0.4, 0.5) is 13.2 Å². The third-order valence-electron chi connectivity index (χ3n) is 3.45. The Morgan fingerprint density at radius 3 is 2.38 bits per heavy atom. The van der Waals surface area contributed by atoms with Crippen LogP contribution in [0.2, 0.25) is 0 Å². The van der Waals surface area contributed by atoms with Crippen LogP contribution in [0.5, 0.6) is 0 Å². The second kappa shape index (κ2) is 6.24. The number of nitrogens with zero attached hydrogens (tertiary/aromatic N) is 2. The molecule has 0 fully saturated rings. The van der Waals surface area contributed by atoms with Gasteiger partial charge in [0, 0.05) is 5.56 Å². The molecule has 2 aromatic carbocycles. The first kappa shape index (κ1) is 16.4. The van der Waals surface area contributed by atoms with Gasteiger partial charge in [0.15, 0.2) is 6.29 Å². The number of hydrogen-bond donors (Lipinski definition) is 0. The maximum atomic E-state index is 12.9. The molecule has 0 aliphatic heterocycles. The van der Waals surface area contributed by atoms with Crippen LogP contribution in [0, 0.1) is 0 Å². The molecule has 24 heavy (non-hydrogen) atoms. The average molecular weight is 395 g/mol. The van der Waals surface area contributed by atoms with Gasteiger partial charge in [-0.3, -0.25) is 4.79 Å². The topological polar surface area (TPSA) is 34.9 Å². The Kier molecular flexibility index (Phi) is 4.28. The van der Waals surface area contributed by atoms with Crippen molar-refractivity contribution in [2.45, 2.75) is 6.18 Å². The smallest absolute Gasteiger partial charge is 0.298 e. The van der Waals surface area contributed by atoms with Gasteiger partial charge in [-0.25, -0.2) is 4.68 Å². The van der Waals surface area contributed by atoms with Gasteiger partial charge >= 0.3 is 6.18 Å². The number of aromatic nitrogens is 2. The van der Waals surface area contributed by atoms with Gasteiger partial charge < -0.3 is 0 Å². The number of carbonyl (C=O) groups excluding carboxylic acids is 1. The molecule has 1 heterocycles. The van der Waals surface area contributed by atoms with E-state index in [4.69, 9.17) is 0 Å². The van der Waals surface area contributed by atoms with Crippen molar-refractivity contribution in [1.82, 2.24) is 9.78 Å².